The number of alkyl halides is 1. The Morgan fingerprint density at radius 1 is 1.06 bits per heavy atom. The maximum absolute atomic E-state index is 4.72. The second-order valence-corrected chi connectivity index (χ2v) is 7.04. The van der Waals surface area contributed by atoms with E-state index in [0.717, 1.165) is 5.92 Å². The molecule has 0 saturated heterocycles. The van der Waals surface area contributed by atoms with Gasteiger partial charge in [-0.25, -0.2) is 0 Å². The van der Waals surface area contributed by atoms with Crippen LogP contribution in [0.1, 0.15) is 62.1 Å². The molecule has 0 N–H and O–H groups in total. The fourth-order valence-electron chi connectivity index (χ4n) is 3.81. The van der Waals surface area contributed by atoms with Crippen molar-refractivity contribution in [1.82, 2.24) is 4.98 Å². The van der Waals surface area contributed by atoms with Crippen molar-refractivity contribution in [3.05, 3.63) is 29.6 Å². The molecule has 0 radical (unpaired) electrons. The van der Waals surface area contributed by atoms with Crippen molar-refractivity contribution >= 4 is 15.9 Å². The molecule has 0 amide bonds. The summed E-state index contributed by atoms with van der Waals surface area (Å²) in [6.45, 7) is 0. The number of hydrogen-bond acceptors (Lipinski definition) is 1. The van der Waals surface area contributed by atoms with E-state index in [2.05, 4.69) is 28.1 Å². The Hall–Kier alpha value is -0.370. The lowest BCUT2D eigenvalue weighted by Crippen LogP contribution is -2.25. The first kappa shape index (κ1) is 12.7. The molecule has 3 unspecified atom stereocenters. The van der Waals surface area contributed by atoms with Gasteiger partial charge in [-0.05, 0) is 49.7 Å². The standard InChI is InChI=1S/C16H22BrN/c17-15-10-3-1-2-8-13(15)14-9-4-6-12-7-5-11-18-16(12)14/h5,7,11,13-15H,1-4,6,8-10H2. The summed E-state index contributed by atoms with van der Waals surface area (Å²) in [4.78, 5) is 5.43. The minimum atomic E-state index is 0.706. The third-order valence-electron chi connectivity index (χ3n) is 4.74. The van der Waals surface area contributed by atoms with Crippen LogP contribution in [0.5, 0.6) is 0 Å². The fourth-order valence-corrected chi connectivity index (χ4v) is 4.76. The molecule has 2 aliphatic carbocycles. The molecule has 2 heteroatoms. The second kappa shape index (κ2) is 5.73. The van der Waals surface area contributed by atoms with Crippen LogP contribution in [0.2, 0.25) is 0 Å². The van der Waals surface area contributed by atoms with Gasteiger partial charge in [-0.15, -0.1) is 0 Å². The third kappa shape index (κ3) is 2.49. The highest BCUT2D eigenvalue weighted by atomic mass is 79.9. The monoisotopic (exact) mass is 307 g/mol. The van der Waals surface area contributed by atoms with Crippen molar-refractivity contribution in [3.8, 4) is 0 Å². The van der Waals surface area contributed by atoms with Gasteiger partial charge in [-0.2, -0.15) is 0 Å². The van der Waals surface area contributed by atoms with E-state index in [1.807, 2.05) is 6.20 Å². The Bertz CT molecular complexity index is 404. The maximum atomic E-state index is 4.72. The first-order valence-electron chi connectivity index (χ1n) is 7.44. The van der Waals surface area contributed by atoms with Crippen LogP contribution in [-0.2, 0) is 6.42 Å². The Labute approximate surface area is 119 Å². The van der Waals surface area contributed by atoms with Gasteiger partial charge in [0.1, 0.15) is 0 Å². The van der Waals surface area contributed by atoms with Gasteiger partial charge in [0.05, 0.1) is 0 Å². The van der Waals surface area contributed by atoms with Crippen LogP contribution < -0.4 is 0 Å². The molecule has 1 nitrogen and oxygen atoms in total. The zero-order valence-corrected chi connectivity index (χ0v) is 12.5. The summed E-state index contributed by atoms with van der Waals surface area (Å²) in [6.07, 6.45) is 12.9. The largest absolute Gasteiger partial charge is 0.261 e. The van der Waals surface area contributed by atoms with E-state index < -0.39 is 0 Å². The Morgan fingerprint density at radius 3 is 2.89 bits per heavy atom. The molecular weight excluding hydrogens is 286 g/mol. The molecule has 0 aliphatic heterocycles. The van der Waals surface area contributed by atoms with E-state index in [0.29, 0.717) is 10.7 Å². The fraction of sp³-hybridized carbons (Fsp3) is 0.688. The number of pyridine rings is 1. The van der Waals surface area contributed by atoms with Gasteiger partial charge >= 0.3 is 0 Å². The molecule has 18 heavy (non-hydrogen) atoms. The van der Waals surface area contributed by atoms with Crippen LogP contribution in [-0.4, -0.2) is 9.81 Å². The van der Waals surface area contributed by atoms with Crippen LogP contribution in [0.3, 0.4) is 0 Å². The highest BCUT2D eigenvalue weighted by molar-refractivity contribution is 9.09. The topological polar surface area (TPSA) is 12.9 Å². The Kier molecular flexibility index (Phi) is 4.03. The number of fused-ring (bicyclic) bond motifs is 1. The van der Waals surface area contributed by atoms with Gasteiger partial charge in [0, 0.05) is 22.6 Å². The molecule has 1 aromatic rings. The van der Waals surface area contributed by atoms with E-state index in [-0.39, 0.29) is 0 Å². The highest BCUT2D eigenvalue weighted by Gasteiger charge is 2.33. The summed E-state index contributed by atoms with van der Waals surface area (Å²) in [7, 11) is 0. The molecule has 1 saturated carbocycles. The first-order valence-corrected chi connectivity index (χ1v) is 8.35. The van der Waals surface area contributed by atoms with Crippen molar-refractivity contribution < 1.29 is 0 Å². The number of aromatic nitrogens is 1. The summed E-state index contributed by atoms with van der Waals surface area (Å²) in [5.41, 5.74) is 2.93. The first-order chi connectivity index (χ1) is 8.86. The van der Waals surface area contributed by atoms with Crippen molar-refractivity contribution in [3.63, 3.8) is 0 Å². The SMILES string of the molecule is BrC1CCCCCC1C1CCCc2cccnc21. The number of hydrogen-bond donors (Lipinski definition) is 0. The van der Waals surface area contributed by atoms with E-state index in [4.69, 9.17) is 4.98 Å². The molecular formula is C16H22BrN. The van der Waals surface area contributed by atoms with Crippen molar-refractivity contribution in [2.45, 2.75) is 62.1 Å². The van der Waals surface area contributed by atoms with Gasteiger partial charge < -0.3 is 0 Å². The van der Waals surface area contributed by atoms with Crippen molar-refractivity contribution in [2.75, 3.05) is 0 Å². The van der Waals surface area contributed by atoms with Crippen LogP contribution >= 0.6 is 15.9 Å². The number of halogens is 1. The lowest BCUT2D eigenvalue weighted by atomic mass is 9.75. The van der Waals surface area contributed by atoms with Gasteiger partial charge in [-0.3, -0.25) is 4.98 Å². The molecule has 1 aromatic heterocycles. The number of rotatable bonds is 1. The lowest BCUT2D eigenvalue weighted by Gasteiger charge is -2.33. The molecule has 3 atom stereocenters. The molecule has 98 valence electrons. The normalized spacial score (nSPS) is 32.6. The molecule has 0 bridgehead atoms. The molecule has 3 rings (SSSR count). The smallest absolute Gasteiger partial charge is 0.0469 e. The van der Waals surface area contributed by atoms with Crippen LogP contribution in [0.4, 0.5) is 0 Å². The van der Waals surface area contributed by atoms with Crippen molar-refractivity contribution in [1.29, 1.82) is 0 Å². The number of nitrogens with zero attached hydrogens (tertiary/aromatic N) is 1. The van der Waals surface area contributed by atoms with Gasteiger partial charge in [0.25, 0.3) is 0 Å². The molecule has 0 aromatic carbocycles. The molecule has 0 spiro atoms. The predicted octanol–water partition coefficient (Wildman–Crippen LogP) is 4.85. The van der Waals surface area contributed by atoms with Crippen LogP contribution in [0.15, 0.2) is 18.3 Å². The Balaban J connectivity index is 1.88. The average Bonchev–Trinajstić information content (AvgIpc) is 2.63. The zero-order chi connectivity index (χ0) is 12.4. The predicted molar refractivity (Wildman–Crippen MR) is 79.2 cm³/mol. The summed E-state index contributed by atoms with van der Waals surface area (Å²) in [5.74, 6) is 1.51. The Morgan fingerprint density at radius 2 is 1.94 bits per heavy atom. The van der Waals surface area contributed by atoms with Crippen molar-refractivity contribution in [2.24, 2.45) is 5.92 Å². The summed E-state index contributed by atoms with van der Waals surface area (Å²) in [5, 5.41) is 0. The van der Waals surface area contributed by atoms with E-state index >= 15 is 0 Å². The lowest BCUT2D eigenvalue weighted by molar-refractivity contribution is 0.346. The maximum Gasteiger partial charge on any atom is 0.0469 e. The quantitative estimate of drug-likeness (QED) is 0.534. The summed E-state index contributed by atoms with van der Waals surface area (Å²) < 4.78 is 0. The van der Waals surface area contributed by atoms with Gasteiger partial charge in [-0.1, -0.05) is 41.3 Å². The zero-order valence-electron chi connectivity index (χ0n) is 10.9. The van der Waals surface area contributed by atoms with Gasteiger partial charge in [0.2, 0.25) is 0 Å². The van der Waals surface area contributed by atoms with E-state index in [9.17, 15) is 0 Å². The number of aryl methyl sites for hydroxylation is 1. The third-order valence-corrected chi connectivity index (χ3v) is 5.87. The van der Waals surface area contributed by atoms with E-state index in [1.165, 1.54) is 62.6 Å². The van der Waals surface area contributed by atoms with Crippen LogP contribution in [0.25, 0.3) is 0 Å². The van der Waals surface area contributed by atoms with E-state index in [1.54, 1.807) is 0 Å². The summed E-state index contributed by atoms with van der Waals surface area (Å²) >= 11 is 3.96. The molecule has 2 aliphatic rings. The summed E-state index contributed by atoms with van der Waals surface area (Å²) in [6, 6.07) is 4.38. The van der Waals surface area contributed by atoms with Gasteiger partial charge in [0.15, 0.2) is 0 Å². The second-order valence-electron chi connectivity index (χ2n) is 5.86. The molecule has 1 fully saturated rings. The molecule has 1 heterocycles. The highest BCUT2D eigenvalue weighted by Crippen LogP contribution is 2.43. The average molecular weight is 308 g/mol. The minimum absolute atomic E-state index is 0.706. The van der Waals surface area contributed by atoms with Crippen LogP contribution in [0, 0.1) is 5.92 Å². The minimum Gasteiger partial charge on any atom is -0.261 e.